The van der Waals surface area contributed by atoms with E-state index in [1.54, 1.807) is 6.20 Å². The summed E-state index contributed by atoms with van der Waals surface area (Å²) in [6.45, 7) is 11.8. The van der Waals surface area contributed by atoms with Crippen LogP contribution in [0.2, 0.25) is 0 Å². The third-order valence-electron chi connectivity index (χ3n) is 4.49. The van der Waals surface area contributed by atoms with Crippen LogP contribution in [0, 0.1) is 0 Å². The third-order valence-corrected chi connectivity index (χ3v) is 4.49. The minimum atomic E-state index is 0.251. The van der Waals surface area contributed by atoms with Crippen molar-refractivity contribution < 1.29 is 4.52 Å². The normalized spacial score (nSPS) is 17.8. The molecule has 136 valence electrons. The number of piperazine rings is 1. The zero-order valence-electron chi connectivity index (χ0n) is 15.6. The minimum absolute atomic E-state index is 0.251. The monoisotopic (exact) mass is 344 g/mol. The lowest BCUT2D eigenvalue weighted by atomic mass is 10.2. The lowest BCUT2D eigenvalue weighted by Crippen LogP contribution is -2.47. The van der Waals surface area contributed by atoms with Crippen LogP contribution in [-0.4, -0.2) is 70.7 Å². The molecular weight excluding hydrogens is 316 g/mol. The van der Waals surface area contributed by atoms with E-state index in [9.17, 15) is 0 Å². The quantitative estimate of drug-likeness (QED) is 0.862. The molecule has 1 N–H and O–H groups in total. The van der Waals surface area contributed by atoms with Gasteiger partial charge in [0, 0.05) is 56.4 Å². The number of nitrogens with zero attached hydrogens (tertiary/aromatic N) is 5. The Morgan fingerprint density at radius 3 is 2.64 bits per heavy atom. The molecular formula is C18H28N6O. The molecule has 2 aromatic rings. The van der Waals surface area contributed by atoms with Gasteiger partial charge in [-0.15, -0.1) is 0 Å². The first-order valence-corrected chi connectivity index (χ1v) is 8.98. The number of nitrogens with one attached hydrogen (secondary N) is 1. The number of hydrogen-bond acceptors (Lipinski definition) is 7. The minimum Gasteiger partial charge on any atom is -0.366 e. The first-order chi connectivity index (χ1) is 12.0. The second kappa shape index (κ2) is 7.93. The largest absolute Gasteiger partial charge is 0.366 e. The number of pyridine rings is 1. The van der Waals surface area contributed by atoms with Crippen LogP contribution in [0.4, 0.5) is 5.82 Å². The molecule has 1 unspecified atom stereocenters. The summed E-state index contributed by atoms with van der Waals surface area (Å²) in [7, 11) is 2.18. The molecule has 0 aliphatic carbocycles. The van der Waals surface area contributed by atoms with Crippen molar-refractivity contribution in [1.82, 2.24) is 24.9 Å². The zero-order valence-corrected chi connectivity index (χ0v) is 15.6. The van der Waals surface area contributed by atoms with E-state index in [0.717, 1.165) is 49.9 Å². The Hall–Kier alpha value is -1.99. The van der Waals surface area contributed by atoms with Crippen molar-refractivity contribution in [2.24, 2.45) is 0 Å². The molecule has 0 amide bonds. The van der Waals surface area contributed by atoms with Crippen LogP contribution in [0.5, 0.6) is 0 Å². The molecule has 1 fully saturated rings. The number of aromatic nitrogens is 3. The average molecular weight is 344 g/mol. The maximum atomic E-state index is 5.37. The van der Waals surface area contributed by atoms with Crippen LogP contribution >= 0.6 is 0 Å². The van der Waals surface area contributed by atoms with E-state index >= 15 is 0 Å². The standard InChI is InChI=1S/C18H28N6O/c1-13(2)17-21-18(25-22-17)15-5-6-19-16(11-15)20-14(3)12-24-9-7-23(4)8-10-24/h5-6,11,13-14H,7-10,12H2,1-4H3,(H,19,20). The van der Waals surface area contributed by atoms with Gasteiger partial charge in [-0.3, -0.25) is 4.90 Å². The summed E-state index contributed by atoms with van der Waals surface area (Å²) < 4.78 is 5.37. The van der Waals surface area contributed by atoms with E-state index in [4.69, 9.17) is 4.52 Å². The van der Waals surface area contributed by atoms with Crippen molar-refractivity contribution in [2.45, 2.75) is 32.7 Å². The Balaban J connectivity index is 1.61. The van der Waals surface area contributed by atoms with Crippen molar-refractivity contribution in [3.63, 3.8) is 0 Å². The predicted octanol–water partition coefficient (Wildman–Crippen LogP) is 2.30. The Morgan fingerprint density at radius 1 is 1.20 bits per heavy atom. The van der Waals surface area contributed by atoms with Crippen molar-refractivity contribution >= 4 is 5.82 Å². The lowest BCUT2D eigenvalue weighted by molar-refractivity contribution is 0.151. The van der Waals surface area contributed by atoms with Crippen LogP contribution < -0.4 is 5.32 Å². The highest BCUT2D eigenvalue weighted by Gasteiger charge is 2.17. The molecule has 1 saturated heterocycles. The van der Waals surface area contributed by atoms with Crippen molar-refractivity contribution in [3.05, 3.63) is 24.2 Å². The Kier molecular flexibility index (Phi) is 5.65. The summed E-state index contributed by atoms with van der Waals surface area (Å²) >= 11 is 0. The Morgan fingerprint density at radius 2 is 1.96 bits per heavy atom. The fourth-order valence-electron chi connectivity index (χ4n) is 2.94. The molecule has 1 atom stereocenters. The predicted molar refractivity (Wildman–Crippen MR) is 98.6 cm³/mol. The maximum absolute atomic E-state index is 5.37. The SMILES string of the molecule is CC(CN1CCN(C)CC1)Nc1cc(-c2nc(C(C)C)no2)ccn1. The molecule has 25 heavy (non-hydrogen) atoms. The zero-order chi connectivity index (χ0) is 17.8. The van der Waals surface area contributed by atoms with Gasteiger partial charge in [0.1, 0.15) is 5.82 Å². The van der Waals surface area contributed by atoms with Gasteiger partial charge in [0.25, 0.3) is 5.89 Å². The smallest absolute Gasteiger partial charge is 0.258 e. The van der Waals surface area contributed by atoms with E-state index in [-0.39, 0.29) is 5.92 Å². The van der Waals surface area contributed by atoms with Gasteiger partial charge in [0.05, 0.1) is 0 Å². The number of anilines is 1. The summed E-state index contributed by atoms with van der Waals surface area (Å²) in [4.78, 5) is 13.7. The first-order valence-electron chi connectivity index (χ1n) is 8.98. The van der Waals surface area contributed by atoms with Crippen LogP contribution in [0.25, 0.3) is 11.5 Å². The topological polar surface area (TPSA) is 70.3 Å². The molecule has 0 saturated carbocycles. The molecule has 3 heterocycles. The van der Waals surface area contributed by atoms with E-state index in [1.807, 2.05) is 26.0 Å². The lowest BCUT2D eigenvalue weighted by Gasteiger charge is -2.34. The first kappa shape index (κ1) is 17.8. The molecule has 1 aliphatic rings. The highest BCUT2D eigenvalue weighted by molar-refractivity contribution is 5.58. The van der Waals surface area contributed by atoms with Gasteiger partial charge in [-0.05, 0) is 26.1 Å². The molecule has 0 aromatic carbocycles. The van der Waals surface area contributed by atoms with E-state index in [0.29, 0.717) is 11.9 Å². The number of rotatable bonds is 6. The number of hydrogen-bond donors (Lipinski definition) is 1. The van der Waals surface area contributed by atoms with Crippen LogP contribution in [0.3, 0.4) is 0 Å². The second-order valence-corrected chi connectivity index (χ2v) is 7.19. The molecule has 2 aromatic heterocycles. The fraction of sp³-hybridized carbons (Fsp3) is 0.611. The fourth-order valence-corrected chi connectivity index (χ4v) is 2.94. The maximum Gasteiger partial charge on any atom is 0.258 e. The molecule has 0 radical (unpaired) electrons. The van der Waals surface area contributed by atoms with Gasteiger partial charge >= 0.3 is 0 Å². The van der Waals surface area contributed by atoms with Gasteiger partial charge in [-0.25, -0.2) is 4.98 Å². The molecule has 7 nitrogen and oxygen atoms in total. The average Bonchev–Trinajstić information content (AvgIpc) is 3.07. The van der Waals surface area contributed by atoms with Crippen molar-refractivity contribution in [2.75, 3.05) is 45.1 Å². The van der Waals surface area contributed by atoms with Gasteiger partial charge < -0.3 is 14.7 Å². The van der Waals surface area contributed by atoms with E-state index in [2.05, 4.69) is 44.2 Å². The van der Waals surface area contributed by atoms with Crippen LogP contribution in [0.15, 0.2) is 22.9 Å². The van der Waals surface area contributed by atoms with Gasteiger partial charge in [0.15, 0.2) is 5.82 Å². The molecule has 0 bridgehead atoms. The number of likely N-dealkylation sites (N-methyl/N-ethyl adjacent to an activating group) is 1. The molecule has 3 rings (SSSR count). The van der Waals surface area contributed by atoms with E-state index < -0.39 is 0 Å². The second-order valence-electron chi connectivity index (χ2n) is 7.19. The van der Waals surface area contributed by atoms with E-state index in [1.165, 1.54) is 0 Å². The van der Waals surface area contributed by atoms with Gasteiger partial charge in [0.2, 0.25) is 0 Å². The summed E-state index contributed by atoms with van der Waals surface area (Å²) in [6, 6.07) is 4.19. The summed E-state index contributed by atoms with van der Waals surface area (Å²) in [5, 5.41) is 7.51. The van der Waals surface area contributed by atoms with Crippen LogP contribution in [-0.2, 0) is 0 Å². The van der Waals surface area contributed by atoms with Gasteiger partial charge in [-0.1, -0.05) is 19.0 Å². The Bertz CT molecular complexity index is 678. The van der Waals surface area contributed by atoms with Crippen LogP contribution in [0.1, 0.15) is 32.5 Å². The molecule has 7 heteroatoms. The highest BCUT2D eigenvalue weighted by atomic mass is 16.5. The van der Waals surface area contributed by atoms with Crippen molar-refractivity contribution in [1.29, 1.82) is 0 Å². The van der Waals surface area contributed by atoms with Crippen molar-refractivity contribution in [3.8, 4) is 11.5 Å². The summed E-state index contributed by atoms with van der Waals surface area (Å²) in [5.41, 5.74) is 0.892. The molecule has 0 spiro atoms. The third kappa shape index (κ3) is 4.76. The Labute approximate surface area is 149 Å². The highest BCUT2D eigenvalue weighted by Crippen LogP contribution is 2.22. The van der Waals surface area contributed by atoms with Gasteiger partial charge in [-0.2, -0.15) is 4.98 Å². The summed E-state index contributed by atoms with van der Waals surface area (Å²) in [5.74, 6) is 2.36. The summed E-state index contributed by atoms with van der Waals surface area (Å²) in [6.07, 6.45) is 1.78. The molecule has 1 aliphatic heterocycles.